The number of aliphatic hydroxyl groups excluding tert-OH is 1. The standard InChI is InChI=1S/C11H9NO3/c1-15-11(14)9(7-12)10(13)8-5-3-2-4-6-8/h2-6,13H,1H3. The van der Waals surface area contributed by atoms with E-state index in [0.29, 0.717) is 5.56 Å². The largest absolute Gasteiger partial charge is 0.506 e. The van der Waals surface area contributed by atoms with Gasteiger partial charge >= 0.3 is 5.97 Å². The van der Waals surface area contributed by atoms with Crippen LogP contribution in [0.25, 0.3) is 5.76 Å². The minimum Gasteiger partial charge on any atom is -0.506 e. The number of ether oxygens (including phenoxy) is 1. The fraction of sp³-hybridized carbons (Fsp3) is 0.0909. The predicted molar refractivity (Wildman–Crippen MR) is 53.6 cm³/mol. The molecule has 0 radical (unpaired) electrons. The Hall–Kier alpha value is -2.28. The number of carbonyl (C=O) groups excluding carboxylic acids is 1. The molecule has 0 atom stereocenters. The van der Waals surface area contributed by atoms with Gasteiger partial charge in [-0.15, -0.1) is 0 Å². The highest BCUT2D eigenvalue weighted by atomic mass is 16.5. The first-order chi connectivity index (χ1) is 7.20. The maximum atomic E-state index is 11.1. The van der Waals surface area contributed by atoms with E-state index in [1.165, 1.54) is 0 Å². The number of nitriles is 1. The lowest BCUT2D eigenvalue weighted by Gasteiger charge is -2.02. The fourth-order valence-corrected chi connectivity index (χ4v) is 1.04. The lowest BCUT2D eigenvalue weighted by atomic mass is 10.1. The first kappa shape index (κ1) is 10.8. The molecule has 0 bridgehead atoms. The van der Waals surface area contributed by atoms with Gasteiger partial charge in [0.25, 0.3) is 0 Å². The number of hydrogen-bond acceptors (Lipinski definition) is 4. The maximum Gasteiger partial charge on any atom is 0.352 e. The SMILES string of the molecule is COC(=O)C(C#N)=C(O)c1ccccc1. The second-order valence-corrected chi connectivity index (χ2v) is 2.69. The number of benzene rings is 1. The van der Waals surface area contributed by atoms with E-state index in [2.05, 4.69) is 4.74 Å². The number of hydrogen-bond donors (Lipinski definition) is 1. The topological polar surface area (TPSA) is 70.3 Å². The van der Waals surface area contributed by atoms with Crippen LogP contribution in [0.4, 0.5) is 0 Å². The Kier molecular flexibility index (Phi) is 3.47. The summed E-state index contributed by atoms with van der Waals surface area (Å²) in [6.45, 7) is 0. The van der Waals surface area contributed by atoms with E-state index < -0.39 is 11.5 Å². The van der Waals surface area contributed by atoms with Gasteiger partial charge < -0.3 is 9.84 Å². The molecule has 1 aromatic carbocycles. The zero-order valence-electron chi connectivity index (χ0n) is 8.10. The Labute approximate surface area is 87.0 Å². The summed E-state index contributed by atoms with van der Waals surface area (Å²) >= 11 is 0. The molecule has 0 aromatic heterocycles. The smallest absolute Gasteiger partial charge is 0.352 e. The summed E-state index contributed by atoms with van der Waals surface area (Å²) in [6.07, 6.45) is 0. The minimum absolute atomic E-state index is 0.370. The van der Waals surface area contributed by atoms with Crippen molar-refractivity contribution in [3.05, 3.63) is 41.5 Å². The molecular formula is C11H9NO3. The molecule has 0 aliphatic rings. The van der Waals surface area contributed by atoms with Gasteiger partial charge in [-0.25, -0.2) is 4.79 Å². The Morgan fingerprint density at radius 2 is 2.00 bits per heavy atom. The van der Waals surface area contributed by atoms with Gasteiger partial charge in [-0.05, 0) is 0 Å². The summed E-state index contributed by atoms with van der Waals surface area (Å²) in [7, 11) is 1.15. The van der Waals surface area contributed by atoms with Crippen molar-refractivity contribution in [1.29, 1.82) is 5.26 Å². The van der Waals surface area contributed by atoms with E-state index in [1.807, 2.05) is 0 Å². The molecule has 15 heavy (non-hydrogen) atoms. The van der Waals surface area contributed by atoms with Crippen molar-refractivity contribution in [2.45, 2.75) is 0 Å². The molecule has 0 saturated carbocycles. The molecule has 1 rings (SSSR count). The van der Waals surface area contributed by atoms with Crippen LogP contribution in [0.1, 0.15) is 5.56 Å². The third-order valence-electron chi connectivity index (χ3n) is 1.79. The van der Waals surface area contributed by atoms with Crippen LogP contribution in [-0.2, 0) is 9.53 Å². The summed E-state index contributed by atoms with van der Waals surface area (Å²) in [4.78, 5) is 11.1. The molecule has 1 aromatic rings. The van der Waals surface area contributed by atoms with Crippen molar-refractivity contribution in [2.75, 3.05) is 7.11 Å². The fourth-order valence-electron chi connectivity index (χ4n) is 1.04. The van der Waals surface area contributed by atoms with Crippen molar-refractivity contribution >= 4 is 11.7 Å². The third kappa shape index (κ3) is 2.35. The molecule has 0 heterocycles. The number of methoxy groups -OCH3 is 1. The molecule has 0 saturated heterocycles. The first-order valence-electron chi connectivity index (χ1n) is 4.17. The van der Waals surface area contributed by atoms with Crippen LogP contribution in [0, 0.1) is 11.3 Å². The molecule has 0 amide bonds. The highest BCUT2D eigenvalue weighted by Gasteiger charge is 2.16. The Bertz CT molecular complexity index is 429. The van der Waals surface area contributed by atoms with Crippen molar-refractivity contribution in [2.24, 2.45) is 0 Å². The van der Waals surface area contributed by atoms with Crippen molar-refractivity contribution in [3.63, 3.8) is 0 Å². The van der Waals surface area contributed by atoms with Crippen LogP contribution in [-0.4, -0.2) is 18.2 Å². The summed E-state index contributed by atoms with van der Waals surface area (Å²) in [5.74, 6) is -1.22. The summed E-state index contributed by atoms with van der Waals surface area (Å²) in [5.41, 5.74) is 0.00292. The van der Waals surface area contributed by atoms with E-state index >= 15 is 0 Å². The Balaban J connectivity index is 3.20. The number of carbonyl (C=O) groups is 1. The van der Waals surface area contributed by atoms with Gasteiger partial charge in [0.2, 0.25) is 0 Å². The summed E-state index contributed by atoms with van der Waals surface area (Å²) in [6, 6.07) is 9.94. The van der Waals surface area contributed by atoms with Gasteiger partial charge in [-0.1, -0.05) is 30.3 Å². The molecule has 0 aliphatic carbocycles. The third-order valence-corrected chi connectivity index (χ3v) is 1.79. The van der Waals surface area contributed by atoms with Gasteiger partial charge in [0.05, 0.1) is 7.11 Å². The normalized spacial score (nSPS) is 11.2. The second-order valence-electron chi connectivity index (χ2n) is 2.69. The second kappa shape index (κ2) is 4.82. The first-order valence-corrected chi connectivity index (χ1v) is 4.17. The summed E-state index contributed by atoms with van der Waals surface area (Å²) < 4.78 is 4.37. The number of esters is 1. The zero-order chi connectivity index (χ0) is 11.3. The maximum absolute atomic E-state index is 11.1. The van der Waals surface area contributed by atoms with Crippen molar-refractivity contribution < 1.29 is 14.6 Å². The van der Waals surface area contributed by atoms with Crippen LogP contribution < -0.4 is 0 Å². The van der Waals surface area contributed by atoms with Crippen LogP contribution in [0.15, 0.2) is 35.9 Å². The molecule has 0 spiro atoms. The quantitative estimate of drug-likeness (QED) is 0.343. The lowest BCUT2D eigenvalue weighted by molar-refractivity contribution is -0.135. The minimum atomic E-state index is -0.848. The van der Waals surface area contributed by atoms with E-state index in [1.54, 1.807) is 36.4 Å². The lowest BCUT2D eigenvalue weighted by Crippen LogP contribution is -2.05. The monoisotopic (exact) mass is 203 g/mol. The highest BCUT2D eigenvalue weighted by Crippen LogP contribution is 2.15. The Morgan fingerprint density at radius 3 is 2.47 bits per heavy atom. The molecule has 0 aliphatic heterocycles. The van der Waals surface area contributed by atoms with E-state index in [9.17, 15) is 9.90 Å². The highest BCUT2D eigenvalue weighted by molar-refractivity contribution is 5.99. The van der Waals surface area contributed by atoms with Crippen LogP contribution >= 0.6 is 0 Å². The molecule has 0 fully saturated rings. The van der Waals surface area contributed by atoms with Crippen molar-refractivity contribution in [3.8, 4) is 6.07 Å². The van der Waals surface area contributed by atoms with Gasteiger partial charge in [0.15, 0.2) is 5.57 Å². The molecular weight excluding hydrogens is 194 g/mol. The molecule has 0 unspecified atom stereocenters. The molecule has 4 nitrogen and oxygen atoms in total. The average Bonchev–Trinajstić information content (AvgIpc) is 2.30. The van der Waals surface area contributed by atoms with Gasteiger partial charge in [0, 0.05) is 5.56 Å². The van der Waals surface area contributed by atoms with Crippen molar-refractivity contribution in [1.82, 2.24) is 0 Å². The number of aliphatic hydroxyl groups is 1. The molecule has 1 N–H and O–H groups in total. The van der Waals surface area contributed by atoms with Gasteiger partial charge in [-0.3, -0.25) is 0 Å². The molecule has 4 heteroatoms. The summed E-state index contributed by atoms with van der Waals surface area (Å²) in [5, 5.41) is 18.3. The van der Waals surface area contributed by atoms with Gasteiger partial charge in [0.1, 0.15) is 11.8 Å². The zero-order valence-corrected chi connectivity index (χ0v) is 8.10. The van der Waals surface area contributed by atoms with Crippen LogP contribution in [0.5, 0.6) is 0 Å². The molecule has 76 valence electrons. The number of nitrogens with zero attached hydrogens (tertiary/aromatic N) is 1. The Morgan fingerprint density at radius 1 is 1.40 bits per heavy atom. The van der Waals surface area contributed by atoms with E-state index in [4.69, 9.17) is 5.26 Å². The number of rotatable bonds is 2. The van der Waals surface area contributed by atoms with E-state index in [-0.39, 0.29) is 5.76 Å². The van der Waals surface area contributed by atoms with Crippen LogP contribution in [0.2, 0.25) is 0 Å². The predicted octanol–water partition coefficient (Wildman–Crippen LogP) is 1.65. The van der Waals surface area contributed by atoms with Gasteiger partial charge in [-0.2, -0.15) is 5.26 Å². The van der Waals surface area contributed by atoms with E-state index in [0.717, 1.165) is 7.11 Å². The average molecular weight is 203 g/mol. The van der Waals surface area contributed by atoms with Crippen LogP contribution in [0.3, 0.4) is 0 Å².